The summed E-state index contributed by atoms with van der Waals surface area (Å²) in [5.74, 6) is 0.964. The highest BCUT2D eigenvalue weighted by Gasteiger charge is 2.37. The van der Waals surface area contributed by atoms with E-state index in [0.717, 1.165) is 57.6 Å². The molecule has 2 saturated heterocycles. The summed E-state index contributed by atoms with van der Waals surface area (Å²) in [6.07, 6.45) is 8.56. The number of rotatable bonds is 5. The van der Waals surface area contributed by atoms with Crippen molar-refractivity contribution in [2.45, 2.75) is 82.6 Å². The highest BCUT2D eigenvalue weighted by atomic mass is 16.5. The molecule has 0 aromatic carbocycles. The largest absolute Gasteiger partial charge is 0.376 e. The first-order chi connectivity index (χ1) is 11.2. The number of carbonyl (C=O) groups is 1. The normalized spacial score (nSPS) is 37.9. The molecule has 1 amide bonds. The van der Waals surface area contributed by atoms with Crippen molar-refractivity contribution in [3.63, 3.8) is 0 Å². The van der Waals surface area contributed by atoms with E-state index in [1.165, 1.54) is 12.8 Å². The molecule has 1 aliphatic carbocycles. The molecule has 23 heavy (non-hydrogen) atoms. The molecular formula is C18H32N2O3. The van der Waals surface area contributed by atoms with Crippen LogP contribution in [0, 0.1) is 5.92 Å². The minimum Gasteiger partial charge on any atom is -0.376 e. The van der Waals surface area contributed by atoms with Crippen LogP contribution in [0.2, 0.25) is 0 Å². The Morgan fingerprint density at radius 1 is 1.09 bits per heavy atom. The Balaban J connectivity index is 1.65. The monoisotopic (exact) mass is 324 g/mol. The van der Waals surface area contributed by atoms with E-state index in [-0.39, 0.29) is 24.2 Å². The summed E-state index contributed by atoms with van der Waals surface area (Å²) in [6.45, 7) is 4.40. The first-order valence-electron chi connectivity index (χ1n) is 9.45. The quantitative estimate of drug-likeness (QED) is 0.841. The van der Waals surface area contributed by atoms with E-state index in [9.17, 15) is 4.79 Å². The molecule has 1 unspecified atom stereocenters. The highest BCUT2D eigenvalue weighted by Crippen LogP contribution is 2.30. The van der Waals surface area contributed by atoms with Crippen molar-refractivity contribution in [1.82, 2.24) is 4.90 Å². The number of amides is 1. The van der Waals surface area contributed by atoms with Gasteiger partial charge in [-0.15, -0.1) is 0 Å². The van der Waals surface area contributed by atoms with Crippen molar-refractivity contribution in [2.75, 3.05) is 19.7 Å². The van der Waals surface area contributed by atoms with Gasteiger partial charge in [0.15, 0.2) is 0 Å². The summed E-state index contributed by atoms with van der Waals surface area (Å²) in [4.78, 5) is 15.2. The Morgan fingerprint density at radius 2 is 1.87 bits per heavy atom. The second-order valence-electron chi connectivity index (χ2n) is 7.60. The van der Waals surface area contributed by atoms with Gasteiger partial charge in [-0.25, -0.2) is 0 Å². The summed E-state index contributed by atoms with van der Waals surface area (Å²) in [5.41, 5.74) is 5.69. The minimum atomic E-state index is -0.288. The summed E-state index contributed by atoms with van der Waals surface area (Å²) < 4.78 is 11.7. The zero-order valence-electron chi connectivity index (χ0n) is 14.4. The molecule has 132 valence electrons. The van der Waals surface area contributed by atoms with Crippen LogP contribution in [0.25, 0.3) is 0 Å². The van der Waals surface area contributed by atoms with Gasteiger partial charge in [0, 0.05) is 25.7 Å². The molecule has 2 aliphatic heterocycles. The van der Waals surface area contributed by atoms with Crippen LogP contribution in [0.5, 0.6) is 0 Å². The van der Waals surface area contributed by atoms with Gasteiger partial charge >= 0.3 is 0 Å². The molecule has 5 heteroatoms. The molecule has 3 aliphatic rings. The maximum absolute atomic E-state index is 13.1. The Morgan fingerprint density at radius 3 is 2.48 bits per heavy atom. The molecule has 3 atom stereocenters. The number of nitrogens with zero attached hydrogens (tertiary/aromatic N) is 1. The SMILES string of the molecule is CC1CCC(N(CC2CCCO2)C(=O)[C@@H]2CC[C@H](CN)O2)CC1. The highest BCUT2D eigenvalue weighted by molar-refractivity contribution is 5.81. The van der Waals surface area contributed by atoms with Crippen molar-refractivity contribution >= 4 is 5.91 Å². The molecule has 1 saturated carbocycles. The van der Waals surface area contributed by atoms with E-state index < -0.39 is 0 Å². The number of carbonyl (C=O) groups excluding carboxylic acids is 1. The van der Waals surface area contributed by atoms with E-state index in [0.29, 0.717) is 12.6 Å². The Hall–Kier alpha value is -0.650. The average Bonchev–Trinajstić information content (AvgIpc) is 3.24. The van der Waals surface area contributed by atoms with Crippen LogP contribution >= 0.6 is 0 Å². The van der Waals surface area contributed by atoms with Crippen molar-refractivity contribution in [3.05, 3.63) is 0 Å². The average molecular weight is 324 g/mol. The second kappa shape index (κ2) is 7.95. The van der Waals surface area contributed by atoms with Gasteiger partial charge in [-0.2, -0.15) is 0 Å². The second-order valence-corrected chi connectivity index (χ2v) is 7.60. The maximum Gasteiger partial charge on any atom is 0.252 e. The van der Waals surface area contributed by atoms with Crippen LogP contribution in [0.4, 0.5) is 0 Å². The van der Waals surface area contributed by atoms with Crippen molar-refractivity contribution < 1.29 is 14.3 Å². The van der Waals surface area contributed by atoms with Crippen LogP contribution in [0.3, 0.4) is 0 Å². The number of ether oxygens (including phenoxy) is 2. The van der Waals surface area contributed by atoms with Crippen LogP contribution in [-0.2, 0) is 14.3 Å². The fraction of sp³-hybridized carbons (Fsp3) is 0.944. The summed E-state index contributed by atoms with van der Waals surface area (Å²) >= 11 is 0. The standard InChI is InChI=1S/C18H32N2O3/c1-13-4-6-14(7-5-13)20(12-16-3-2-10-22-16)18(21)17-9-8-15(11-19)23-17/h13-17H,2-12,19H2,1H3/t13?,14?,15-,16?,17+/m1/s1. The van der Waals surface area contributed by atoms with E-state index in [1.54, 1.807) is 0 Å². The molecule has 0 radical (unpaired) electrons. The van der Waals surface area contributed by atoms with Gasteiger partial charge in [0.25, 0.3) is 5.91 Å². The fourth-order valence-corrected chi connectivity index (χ4v) is 4.23. The van der Waals surface area contributed by atoms with E-state index in [4.69, 9.17) is 15.2 Å². The van der Waals surface area contributed by atoms with Crippen LogP contribution < -0.4 is 5.73 Å². The molecule has 0 spiro atoms. The molecule has 0 bridgehead atoms. The van der Waals surface area contributed by atoms with Gasteiger partial charge in [-0.1, -0.05) is 6.92 Å². The van der Waals surface area contributed by atoms with E-state index in [2.05, 4.69) is 11.8 Å². The lowest BCUT2D eigenvalue weighted by Gasteiger charge is -2.38. The first kappa shape index (κ1) is 17.2. The van der Waals surface area contributed by atoms with Gasteiger partial charge in [0.1, 0.15) is 6.10 Å². The van der Waals surface area contributed by atoms with Crippen molar-refractivity contribution in [3.8, 4) is 0 Å². The topological polar surface area (TPSA) is 64.8 Å². The summed E-state index contributed by atoms with van der Waals surface area (Å²) in [7, 11) is 0. The third-order valence-electron chi connectivity index (χ3n) is 5.78. The van der Waals surface area contributed by atoms with Gasteiger partial charge in [0.05, 0.1) is 12.2 Å². The molecule has 2 heterocycles. The molecule has 0 aromatic rings. The third-order valence-corrected chi connectivity index (χ3v) is 5.78. The molecule has 5 nitrogen and oxygen atoms in total. The van der Waals surface area contributed by atoms with Gasteiger partial charge in [-0.3, -0.25) is 4.79 Å². The minimum absolute atomic E-state index is 0.0555. The van der Waals surface area contributed by atoms with E-state index >= 15 is 0 Å². The number of hydrogen-bond donors (Lipinski definition) is 1. The molecular weight excluding hydrogens is 292 g/mol. The van der Waals surface area contributed by atoms with Gasteiger partial charge in [-0.05, 0) is 57.3 Å². The van der Waals surface area contributed by atoms with Crippen LogP contribution in [-0.4, -0.2) is 54.9 Å². The third kappa shape index (κ3) is 4.25. The Labute approximate surface area is 139 Å². The van der Waals surface area contributed by atoms with Crippen LogP contribution in [0.1, 0.15) is 58.3 Å². The molecule has 2 N–H and O–H groups in total. The zero-order chi connectivity index (χ0) is 16.2. The zero-order valence-corrected chi connectivity index (χ0v) is 14.4. The summed E-state index contributed by atoms with van der Waals surface area (Å²) in [5, 5.41) is 0. The maximum atomic E-state index is 13.1. The smallest absolute Gasteiger partial charge is 0.252 e. The number of hydrogen-bond acceptors (Lipinski definition) is 4. The Bertz CT molecular complexity index is 390. The lowest BCUT2D eigenvalue weighted by Crippen LogP contribution is -2.50. The van der Waals surface area contributed by atoms with Gasteiger partial charge in [0.2, 0.25) is 0 Å². The Kier molecular flexibility index (Phi) is 5.94. The molecule has 0 aromatic heterocycles. The van der Waals surface area contributed by atoms with E-state index in [1.807, 2.05) is 0 Å². The number of nitrogens with two attached hydrogens (primary N) is 1. The lowest BCUT2D eigenvalue weighted by atomic mass is 9.86. The van der Waals surface area contributed by atoms with Gasteiger partial charge < -0.3 is 20.1 Å². The molecule has 3 fully saturated rings. The van der Waals surface area contributed by atoms with Crippen LogP contribution in [0.15, 0.2) is 0 Å². The predicted octanol–water partition coefficient (Wildman–Crippen LogP) is 2.08. The molecule has 3 rings (SSSR count). The van der Waals surface area contributed by atoms with Crippen molar-refractivity contribution in [1.29, 1.82) is 0 Å². The lowest BCUT2D eigenvalue weighted by molar-refractivity contribution is -0.148. The summed E-state index contributed by atoms with van der Waals surface area (Å²) in [6, 6.07) is 0.364. The fourth-order valence-electron chi connectivity index (χ4n) is 4.23. The first-order valence-corrected chi connectivity index (χ1v) is 9.45. The predicted molar refractivity (Wildman–Crippen MR) is 89.1 cm³/mol. The van der Waals surface area contributed by atoms with Crippen molar-refractivity contribution in [2.24, 2.45) is 11.7 Å².